The Morgan fingerprint density at radius 3 is 2.67 bits per heavy atom. The minimum Gasteiger partial charge on any atom is -0.493 e. The van der Waals surface area contributed by atoms with E-state index in [1.807, 2.05) is 6.92 Å². The highest BCUT2D eigenvalue weighted by molar-refractivity contribution is 5.32. The fourth-order valence-electron chi connectivity index (χ4n) is 1.70. The summed E-state index contributed by atoms with van der Waals surface area (Å²) in [6.07, 6.45) is 1.13. The van der Waals surface area contributed by atoms with Gasteiger partial charge in [0, 0.05) is 12.0 Å². The van der Waals surface area contributed by atoms with Crippen molar-refractivity contribution < 1.29 is 9.13 Å². The van der Waals surface area contributed by atoms with Gasteiger partial charge in [-0.1, -0.05) is 20.8 Å². The van der Waals surface area contributed by atoms with E-state index in [1.54, 1.807) is 6.07 Å². The summed E-state index contributed by atoms with van der Waals surface area (Å²) in [4.78, 5) is 0. The third-order valence-corrected chi connectivity index (χ3v) is 2.79. The summed E-state index contributed by atoms with van der Waals surface area (Å²) in [6, 6.07) is 4.63. The minimum atomic E-state index is -0.219. The van der Waals surface area contributed by atoms with Crippen LogP contribution in [0, 0.1) is 18.2 Å². The molecule has 0 aliphatic heterocycles. The van der Waals surface area contributed by atoms with Gasteiger partial charge in [-0.3, -0.25) is 0 Å². The molecule has 0 atom stereocenters. The lowest BCUT2D eigenvalue weighted by molar-refractivity contribution is 0.175. The van der Waals surface area contributed by atoms with Crippen molar-refractivity contribution in [3.63, 3.8) is 0 Å². The minimum absolute atomic E-state index is 0.0655. The molecule has 0 heterocycles. The number of nitrogens with one attached hydrogen (secondary N) is 1. The fourth-order valence-corrected chi connectivity index (χ4v) is 1.70. The fraction of sp³-hybridized carbons (Fsp3) is 0.600. The number of rotatable bonds is 7. The van der Waals surface area contributed by atoms with Crippen LogP contribution in [-0.4, -0.2) is 19.7 Å². The number of aryl methyl sites for hydroxylation is 1. The van der Waals surface area contributed by atoms with Crippen molar-refractivity contribution in [1.82, 2.24) is 5.32 Å². The summed E-state index contributed by atoms with van der Waals surface area (Å²) in [5, 5.41) is 3.40. The first-order valence-corrected chi connectivity index (χ1v) is 6.54. The van der Waals surface area contributed by atoms with Crippen LogP contribution in [0.15, 0.2) is 18.2 Å². The molecule has 0 unspecified atom stereocenters. The number of ether oxygens (including phenoxy) is 1. The first-order chi connectivity index (χ1) is 8.44. The van der Waals surface area contributed by atoms with Gasteiger partial charge in [0.05, 0.1) is 6.61 Å². The third-order valence-electron chi connectivity index (χ3n) is 2.79. The average Bonchev–Trinajstić information content (AvgIpc) is 2.28. The normalized spacial score (nSPS) is 11.6. The van der Waals surface area contributed by atoms with Gasteiger partial charge in [0.15, 0.2) is 0 Å². The molecule has 0 aliphatic rings. The van der Waals surface area contributed by atoms with Crippen LogP contribution in [0.4, 0.5) is 4.39 Å². The largest absolute Gasteiger partial charge is 0.493 e. The monoisotopic (exact) mass is 253 g/mol. The van der Waals surface area contributed by atoms with Gasteiger partial charge in [0.25, 0.3) is 0 Å². The molecule has 0 amide bonds. The molecule has 0 radical (unpaired) electrons. The Bertz CT molecular complexity index is 377. The van der Waals surface area contributed by atoms with Crippen molar-refractivity contribution in [3.05, 3.63) is 29.6 Å². The van der Waals surface area contributed by atoms with Crippen LogP contribution < -0.4 is 10.1 Å². The second-order valence-corrected chi connectivity index (χ2v) is 5.54. The van der Waals surface area contributed by atoms with Gasteiger partial charge >= 0.3 is 0 Å². The van der Waals surface area contributed by atoms with Crippen LogP contribution in [0.25, 0.3) is 0 Å². The van der Waals surface area contributed by atoms with E-state index in [4.69, 9.17) is 4.74 Å². The van der Waals surface area contributed by atoms with Crippen LogP contribution in [0.5, 0.6) is 5.75 Å². The molecular weight excluding hydrogens is 229 g/mol. The quantitative estimate of drug-likeness (QED) is 0.750. The average molecular weight is 253 g/mol. The Hall–Kier alpha value is -1.09. The summed E-state index contributed by atoms with van der Waals surface area (Å²) < 4.78 is 18.7. The summed E-state index contributed by atoms with van der Waals surface area (Å²) >= 11 is 0. The van der Waals surface area contributed by atoms with Crippen molar-refractivity contribution in [2.75, 3.05) is 19.7 Å². The molecule has 0 aromatic heterocycles. The van der Waals surface area contributed by atoms with Crippen molar-refractivity contribution in [2.24, 2.45) is 5.41 Å². The maximum Gasteiger partial charge on any atom is 0.123 e. The van der Waals surface area contributed by atoms with E-state index in [0.717, 1.165) is 30.8 Å². The lowest BCUT2D eigenvalue weighted by Crippen LogP contribution is -2.34. The van der Waals surface area contributed by atoms with Crippen LogP contribution in [0.3, 0.4) is 0 Å². The number of halogens is 1. The topological polar surface area (TPSA) is 21.3 Å². The molecular formula is C15H24FNO. The lowest BCUT2D eigenvalue weighted by Gasteiger charge is -2.25. The van der Waals surface area contributed by atoms with Gasteiger partial charge in [-0.15, -0.1) is 0 Å². The van der Waals surface area contributed by atoms with E-state index in [9.17, 15) is 4.39 Å². The molecule has 0 aliphatic carbocycles. The van der Waals surface area contributed by atoms with Crippen LogP contribution >= 0.6 is 0 Å². The lowest BCUT2D eigenvalue weighted by atomic mass is 9.95. The van der Waals surface area contributed by atoms with Crippen molar-refractivity contribution in [1.29, 1.82) is 0 Å². The Labute approximate surface area is 110 Å². The number of benzene rings is 1. The smallest absolute Gasteiger partial charge is 0.123 e. The molecule has 0 bridgehead atoms. The van der Waals surface area contributed by atoms with Gasteiger partial charge in [0.1, 0.15) is 11.6 Å². The van der Waals surface area contributed by atoms with Crippen molar-refractivity contribution >= 4 is 0 Å². The SMILES string of the molecule is CCCNCC(C)(C)COc1ccc(F)cc1C. The molecule has 0 fully saturated rings. The molecule has 3 heteroatoms. The Kier molecular flexibility index (Phi) is 5.60. The Balaban J connectivity index is 2.48. The molecule has 1 N–H and O–H groups in total. The highest BCUT2D eigenvalue weighted by atomic mass is 19.1. The summed E-state index contributed by atoms with van der Waals surface area (Å²) in [7, 11) is 0. The molecule has 18 heavy (non-hydrogen) atoms. The summed E-state index contributed by atoms with van der Waals surface area (Å²) in [5.41, 5.74) is 0.906. The highest BCUT2D eigenvalue weighted by Gasteiger charge is 2.18. The highest BCUT2D eigenvalue weighted by Crippen LogP contribution is 2.22. The van der Waals surface area contributed by atoms with E-state index in [-0.39, 0.29) is 11.2 Å². The van der Waals surface area contributed by atoms with E-state index < -0.39 is 0 Å². The van der Waals surface area contributed by atoms with E-state index >= 15 is 0 Å². The Morgan fingerprint density at radius 2 is 2.06 bits per heavy atom. The van der Waals surface area contributed by atoms with E-state index in [1.165, 1.54) is 12.1 Å². The maximum absolute atomic E-state index is 13.0. The molecule has 1 rings (SSSR count). The second-order valence-electron chi connectivity index (χ2n) is 5.54. The number of hydrogen-bond acceptors (Lipinski definition) is 2. The molecule has 0 saturated carbocycles. The van der Waals surface area contributed by atoms with Crippen molar-refractivity contribution in [2.45, 2.75) is 34.1 Å². The van der Waals surface area contributed by atoms with Crippen LogP contribution in [-0.2, 0) is 0 Å². The standard InChI is InChI=1S/C15H24FNO/c1-5-8-17-10-15(3,4)11-18-14-7-6-13(16)9-12(14)2/h6-7,9,17H,5,8,10-11H2,1-4H3. The van der Waals surface area contributed by atoms with Crippen molar-refractivity contribution in [3.8, 4) is 5.75 Å². The molecule has 0 saturated heterocycles. The molecule has 1 aromatic rings. The maximum atomic E-state index is 13.0. The molecule has 1 aromatic carbocycles. The molecule has 2 nitrogen and oxygen atoms in total. The van der Waals surface area contributed by atoms with Crippen LogP contribution in [0.2, 0.25) is 0 Å². The number of hydrogen-bond donors (Lipinski definition) is 1. The van der Waals surface area contributed by atoms with Gasteiger partial charge in [-0.25, -0.2) is 4.39 Å². The van der Waals surface area contributed by atoms with Gasteiger partial charge in [-0.2, -0.15) is 0 Å². The molecule has 102 valence electrons. The summed E-state index contributed by atoms with van der Waals surface area (Å²) in [6.45, 7) is 10.9. The zero-order valence-corrected chi connectivity index (χ0v) is 11.8. The van der Waals surface area contributed by atoms with E-state index in [0.29, 0.717) is 6.61 Å². The van der Waals surface area contributed by atoms with Gasteiger partial charge < -0.3 is 10.1 Å². The second kappa shape index (κ2) is 6.74. The Morgan fingerprint density at radius 1 is 1.33 bits per heavy atom. The first-order valence-electron chi connectivity index (χ1n) is 6.54. The van der Waals surface area contributed by atoms with Gasteiger partial charge in [0.2, 0.25) is 0 Å². The third kappa shape index (κ3) is 5.05. The predicted molar refractivity (Wildman–Crippen MR) is 73.6 cm³/mol. The van der Waals surface area contributed by atoms with E-state index in [2.05, 4.69) is 26.1 Å². The summed E-state index contributed by atoms with van der Waals surface area (Å²) in [5.74, 6) is 0.545. The predicted octanol–water partition coefficient (Wildman–Crippen LogP) is 3.54. The van der Waals surface area contributed by atoms with Crippen LogP contribution in [0.1, 0.15) is 32.8 Å². The van der Waals surface area contributed by atoms with Gasteiger partial charge in [-0.05, 0) is 43.7 Å². The first kappa shape index (κ1) is 15.0. The zero-order valence-electron chi connectivity index (χ0n) is 11.8. The molecule has 0 spiro atoms. The zero-order chi connectivity index (χ0) is 13.6.